The highest BCUT2D eigenvalue weighted by atomic mass is 16.2. The van der Waals surface area contributed by atoms with Crippen LogP contribution < -0.4 is 10.2 Å². The zero-order valence-electron chi connectivity index (χ0n) is 24.6. The van der Waals surface area contributed by atoms with Gasteiger partial charge in [-0.2, -0.15) is 0 Å². The number of hydrogen-bond acceptors (Lipinski definition) is 6. The molecule has 42 heavy (non-hydrogen) atoms. The average molecular weight is 566 g/mol. The molecule has 2 aromatic heterocycles. The Hall–Kier alpha value is -4.24. The predicted molar refractivity (Wildman–Crippen MR) is 166 cm³/mol. The van der Waals surface area contributed by atoms with Gasteiger partial charge in [-0.05, 0) is 50.6 Å². The summed E-state index contributed by atoms with van der Waals surface area (Å²) in [6.45, 7) is 8.21. The minimum Gasteiger partial charge on any atom is -0.352 e. The molecular weight excluding hydrogens is 526 g/mol. The lowest BCUT2D eigenvalue weighted by Gasteiger charge is -2.35. The summed E-state index contributed by atoms with van der Waals surface area (Å²) in [4.78, 5) is 42.1. The zero-order chi connectivity index (χ0) is 29.1. The largest absolute Gasteiger partial charge is 0.352 e. The molecule has 2 aliphatic heterocycles. The third-order valence-electron chi connectivity index (χ3n) is 8.54. The lowest BCUT2D eigenvalue weighted by molar-refractivity contribution is 0.0748. The summed E-state index contributed by atoms with van der Waals surface area (Å²) in [7, 11) is 2.03. The number of rotatable bonds is 7. The minimum atomic E-state index is -0.193. The van der Waals surface area contributed by atoms with Gasteiger partial charge in [-0.1, -0.05) is 48.4 Å². The number of anilines is 1. The van der Waals surface area contributed by atoms with Crippen LogP contribution in [-0.2, 0) is 7.05 Å². The smallest absolute Gasteiger partial charge is 0.271 e. The Labute approximate surface area is 247 Å². The number of fused-ring (bicyclic) bond motifs is 1. The van der Waals surface area contributed by atoms with E-state index in [9.17, 15) is 9.59 Å². The predicted octanol–water partition coefficient (Wildman–Crippen LogP) is 4.12. The molecular formula is C33H39N7O2. The van der Waals surface area contributed by atoms with E-state index >= 15 is 0 Å². The lowest BCUT2D eigenvalue weighted by Crippen LogP contribution is -2.49. The van der Waals surface area contributed by atoms with E-state index in [-0.39, 0.29) is 11.8 Å². The number of nitrogens with one attached hydrogen (secondary N) is 1. The number of benzene rings is 2. The molecule has 0 unspecified atom stereocenters. The summed E-state index contributed by atoms with van der Waals surface area (Å²) >= 11 is 0. The lowest BCUT2D eigenvalue weighted by atomic mass is 10.0. The fourth-order valence-electron chi connectivity index (χ4n) is 6.21. The van der Waals surface area contributed by atoms with Gasteiger partial charge >= 0.3 is 0 Å². The molecule has 0 saturated carbocycles. The molecule has 9 heteroatoms. The number of likely N-dealkylation sites (tertiary alicyclic amines) is 1. The van der Waals surface area contributed by atoms with Crippen molar-refractivity contribution in [3.05, 3.63) is 77.7 Å². The number of nitrogens with zero attached hydrogens (tertiary/aromatic N) is 6. The number of piperazine rings is 1. The van der Waals surface area contributed by atoms with Crippen LogP contribution in [0, 0.1) is 6.92 Å². The zero-order valence-corrected chi connectivity index (χ0v) is 24.6. The van der Waals surface area contributed by atoms with E-state index in [0.29, 0.717) is 38.4 Å². The molecule has 2 amide bonds. The van der Waals surface area contributed by atoms with Gasteiger partial charge in [0.25, 0.3) is 11.8 Å². The molecule has 0 bridgehead atoms. The monoisotopic (exact) mass is 565 g/mol. The van der Waals surface area contributed by atoms with Crippen molar-refractivity contribution in [1.29, 1.82) is 0 Å². The molecule has 218 valence electrons. The third kappa shape index (κ3) is 5.74. The van der Waals surface area contributed by atoms with Crippen molar-refractivity contribution in [3.63, 3.8) is 0 Å². The van der Waals surface area contributed by atoms with Gasteiger partial charge in [0.2, 0.25) is 0 Å². The molecule has 4 heterocycles. The van der Waals surface area contributed by atoms with Crippen molar-refractivity contribution in [2.75, 3.05) is 57.3 Å². The van der Waals surface area contributed by atoms with Gasteiger partial charge in [0, 0.05) is 57.2 Å². The van der Waals surface area contributed by atoms with Crippen molar-refractivity contribution in [2.45, 2.75) is 26.2 Å². The third-order valence-corrected chi connectivity index (χ3v) is 8.54. The fourth-order valence-corrected chi connectivity index (χ4v) is 6.21. The second-order valence-electron chi connectivity index (χ2n) is 11.4. The van der Waals surface area contributed by atoms with Crippen LogP contribution in [0.4, 0.5) is 5.82 Å². The van der Waals surface area contributed by atoms with E-state index < -0.39 is 0 Å². The summed E-state index contributed by atoms with van der Waals surface area (Å²) in [6.07, 6.45) is 6.99. The topological polar surface area (TPSA) is 86.6 Å². The summed E-state index contributed by atoms with van der Waals surface area (Å²) in [5, 5.41) is 3.96. The SMILES string of the molecule is Cc1ccc2c(c1)c(C(=O)N1CCN(c3cnc(C(=O)NCCN4CCCCC4)cn3)CC1)c(-c1ccccc1)n2C. The highest BCUT2D eigenvalue weighted by Gasteiger charge is 2.29. The van der Waals surface area contributed by atoms with Gasteiger partial charge in [-0.25, -0.2) is 9.97 Å². The molecule has 9 nitrogen and oxygen atoms in total. The van der Waals surface area contributed by atoms with Gasteiger partial charge < -0.3 is 24.6 Å². The molecule has 0 radical (unpaired) electrons. The molecule has 2 aromatic carbocycles. The molecule has 1 N–H and O–H groups in total. The quantitative estimate of drug-likeness (QED) is 0.363. The van der Waals surface area contributed by atoms with Crippen molar-refractivity contribution in [2.24, 2.45) is 7.05 Å². The second kappa shape index (κ2) is 12.3. The van der Waals surface area contributed by atoms with E-state index in [1.165, 1.54) is 19.3 Å². The van der Waals surface area contributed by atoms with E-state index in [1.54, 1.807) is 12.4 Å². The van der Waals surface area contributed by atoms with Gasteiger partial charge in [-0.15, -0.1) is 0 Å². The van der Waals surface area contributed by atoms with Crippen LogP contribution in [0.1, 0.15) is 45.7 Å². The Bertz CT molecular complexity index is 1550. The van der Waals surface area contributed by atoms with E-state index in [4.69, 9.17) is 0 Å². The normalized spacial score (nSPS) is 16.1. The summed E-state index contributed by atoms with van der Waals surface area (Å²) in [5.41, 5.74) is 5.23. The number of piperidine rings is 1. The summed E-state index contributed by atoms with van der Waals surface area (Å²) in [5.74, 6) is 0.575. The summed E-state index contributed by atoms with van der Waals surface area (Å²) < 4.78 is 2.13. The maximum absolute atomic E-state index is 14.1. The minimum absolute atomic E-state index is 0.0485. The van der Waals surface area contributed by atoms with Crippen LogP contribution in [-0.4, -0.2) is 88.5 Å². The number of carbonyl (C=O) groups is 2. The highest BCUT2D eigenvalue weighted by molar-refractivity contribution is 6.13. The number of hydrogen-bond donors (Lipinski definition) is 1. The van der Waals surface area contributed by atoms with Gasteiger partial charge in [0.15, 0.2) is 0 Å². The standard InChI is InChI=1S/C33H39N7O2/c1-24-11-12-28-26(21-24)30(31(37(28)2)25-9-5-3-6-10-25)33(42)40-19-17-39(18-20-40)29-23-35-27(22-36-29)32(41)34-13-16-38-14-7-4-8-15-38/h3,5-6,9-12,21-23H,4,7-8,13-20H2,1-2H3,(H,34,41). The number of carbonyl (C=O) groups excluding carboxylic acids is 2. The number of aryl methyl sites for hydroxylation is 2. The molecule has 6 rings (SSSR count). The van der Waals surface area contributed by atoms with Crippen molar-refractivity contribution < 1.29 is 9.59 Å². The fraction of sp³-hybridized carbons (Fsp3) is 0.394. The molecule has 4 aromatic rings. The molecule has 2 aliphatic rings. The Morgan fingerprint density at radius 3 is 2.36 bits per heavy atom. The Balaban J connectivity index is 1.11. The number of amides is 2. The molecule has 0 aliphatic carbocycles. The van der Waals surface area contributed by atoms with Crippen molar-refractivity contribution in [3.8, 4) is 11.3 Å². The number of aromatic nitrogens is 3. The Morgan fingerprint density at radius 2 is 1.64 bits per heavy atom. The van der Waals surface area contributed by atoms with Crippen LogP contribution in [0.3, 0.4) is 0 Å². The molecule has 0 spiro atoms. The average Bonchev–Trinajstić information content (AvgIpc) is 3.32. The van der Waals surface area contributed by atoms with E-state index in [2.05, 4.69) is 66.9 Å². The first-order valence-electron chi connectivity index (χ1n) is 15.0. The first kappa shape index (κ1) is 27.9. The first-order valence-corrected chi connectivity index (χ1v) is 15.0. The van der Waals surface area contributed by atoms with Crippen LogP contribution in [0.2, 0.25) is 0 Å². The maximum Gasteiger partial charge on any atom is 0.271 e. The van der Waals surface area contributed by atoms with Crippen LogP contribution in [0.15, 0.2) is 60.9 Å². The summed E-state index contributed by atoms with van der Waals surface area (Å²) in [6, 6.07) is 16.5. The van der Waals surface area contributed by atoms with Gasteiger partial charge in [-0.3, -0.25) is 9.59 Å². The Kier molecular flexibility index (Phi) is 8.19. The molecule has 0 atom stereocenters. The van der Waals surface area contributed by atoms with E-state index in [0.717, 1.165) is 58.7 Å². The van der Waals surface area contributed by atoms with Crippen LogP contribution >= 0.6 is 0 Å². The van der Waals surface area contributed by atoms with E-state index in [1.807, 2.05) is 30.1 Å². The van der Waals surface area contributed by atoms with Crippen LogP contribution in [0.25, 0.3) is 22.2 Å². The molecule has 2 fully saturated rings. The van der Waals surface area contributed by atoms with Crippen LogP contribution in [0.5, 0.6) is 0 Å². The van der Waals surface area contributed by atoms with Crippen molar-refractivity contribution >= 4 is 28.5 Å². The maximum atomic E-state index is 14.1. The van der Waals surface area contributed by atoms with Gasteiger partial charge in [0.05, 0.1) is 23.7 Å². The molecule has 2 saturated heterocycles. The Morgan fingerprint density at radius 1 is 0.881 bits per heavy atom. The van der Waals surface area contributed by atoms with Crippen molar-refractivity contribution in [1.82, 2.24) is 29.7 Å². The first-order chi connectivity index (χ1) is 20.5. The second-order valence-corrected chi connectivity index (χ2v) is 11.4. The van der Waals surface area contributed by atoms with Gasteiger partial charge in [0.1, 0.15) is 11.5 Å². The highest BCUT2D eigenvalue weighted by Crippen LogP contribution is 2.35.